The third-order valence-corrected chi connectivity index (χ3v) is 3.78. The molecular formula is C9H14BrNOS. The first kappa shape index (κ1) is 11.2. The monoisotopic (exact) mass is 263 g/mol. The van der Waals surface area contributed by atoms with Crippen molar-refractivity contribution in [2.24, 2.45) is 0 Å². The van der Waals surface area contributed by atoms with E-state index in [1.807, 2.05) is 0 Å². The molecule has 0 saturated heterocycles. The van der Waals surface area contributed by atoms with Crippen LogP contribution in [0.4, 0.5) is 0 Å². The van der Waals surface area contributed by atoms with Gasteiger partial charge in [-0.15, -0.1) is 11.3 Å². The van der Waals surface area contributed by atoms with Crippen LogP contribution < -0.4 is 5.32 Å². The number of halogens is 1. The maximum absolute atomic E-state index is 9.02. The second-order valence-corrected chi connectivity index (χ2v) is 5.60. The highest BCUT2D eigenvalue weighted by Gasteiger charge is 2.02. The van der Waals surface area contributed by atoms with Gasteiger partial charge in [0.2, 0.25) is 0 Å². The van der Waals surface area contributed by atoms with Gasteiger partial charge < -0.3 is 10.4 Å². The number of aliphatic hydroxyl groups excluding tert-OH is 1. The molecule has 0 aliphatic rings. The molecule has 0 unspecified atom stereocenters. The highest BCUT2D eigenvalue weighted by Crippen LogP contribution is 2.26. The number of aliphatic hydroxyl groups is 1. The molecule has 1 aromatic heterocycles. The molecule has 0 aromatic carbocycles. The topological polar surface area (TPSA) is 32.3 Å². The number of hydrogen-bond acceptors (Lipinski definition) is 3. The van der Waals surface area contributed by atoms with E-state index in [2.05, 4.69) is 34.2 Å². The minimum atomic E-state index is -0.274. The highest BCUT2D eigenvalue weighted by molar-refractivity contribution is 9.11. The third kappa shape index (κ3) is 3.77. The molecule has 0 amide bonds. The van der Waals surface area contributed by atoms with Gasteiger partial charge in [-0.2, -0.15) is 0 Å². The number of hydrogen-bond donors (Lipinski definition) is 2. The van der Waals surface area contributed by atoms with Crippen LogP contribution in [0.1, 0.15) is 17.4 Å². The second kappa shape index (κ2) is 5.10. The number of thiophene rings is 1. The molecule has 0 saturated carbocycles. The minimum Gasteiger partial charge on any atom is -0.392 e. The summed E-state index contributed by atoms with van der Waals surface area (Å²) in [6.07, 6.45) is -0.274. The van der Waals surface area contributed by atoms with E-state index < -0.39 is 0 Å². The van der Waals surface area contributed by atoms with Crippen molar-refractivity contribution in [3.8, 4) is 0 Å². The van der Waals surface area contributed by atoms with E-state index in [0.717, 1.165) is 6.54 Å². The van der Waals surface area contributed by atoms with Gasteiger partial charge in [0.25, 0.3) is 0 Å². The fraction of sp³-hybridized carbons (Fsp3) is 0.556. The summed E-state index contributed by atoms with van der Waals surface area (Å²) < 4.78 is 1.20. The molecule has 0 bridgehead atoms. The number of rotatable bonds is 4. The Hall–Kier alpha value is 0.100. The quantitative estimate of drug-likeness (QED) is 0.874. The predicted octanol–water partition coefficient (Wildman–Crippen LogP) is 2.29. The predicted molar refractivity (Wildman–Crippen MR) is 60.1 cm³/mol. The van der Waals surface area contributed by atoms with Crippen molar-refractivity contribution in [3.63, 3.8) is 0 Å². The highest BCUT2D eigenvalue weighted by atomic mass is 79.9. The second-order valence-electron chi connectivity index (χ2n) is 3.15. The van der Waals surface area contributed by atoms with Crippen LogP contribution in [-0.4, -0.2) is 17.8 Å². The van der Waals surface area contributed by atoms with Gasteiger partial charge in [-0.1, -0.05) is 0 Å². The Bertz CT molecular complexity index is 253. The molecule has 1 rings (SSSR count). The zero-order valence-corrected chi connectivity index (χ0v) is 10.2. The molecule has 1 atom stereocenters. The van der Waals surface area contributed by atoms with Gasteiger partial charge in [0.05, 0.1) is 9.89 Å². The maximum Gasteiger partial charge on any atom is 0.0730 e. The SMILES string of the molecule is Cc1cc(CNC[C@@H](C)O)sc1Br. The van der Waals surface area contributed by atoms with Crippen LogP contribution in [0.3, 0.4) is 0 Å². The fourth-order valence-corrected chi connectivity index (χ4v) is 2.61. The van der Waals surface area contributed by atoms with Crippen molar-refractivity contribution >= 4 is 27.3 Å². The van der Waals surface area contributed by atoms with E-state index in [-0.39, 0.29) is 6.10 Å². The maximum atomic E-state index is 9.02. The lowest BCUT2D eigenvalue weighted by atomic mass is 10.3. The molecule has 0 aliphatic carbocycles. The normalized spacial score (nSPS) is 13.2. The van der Waals surface area contributed by atoms with Gasteiger partial charge in [-0.05, 0) is 41.4 Å². The molecule has 2 nitrogen and oxygen atoms in total. The fourth-order valence-electron chi connectivity index (χ4n) is 1.01. The summed E-state index contributed by atoms with van der Waals surface area (Å²) in [6.45, 7) is 5.35. The summed E-state index contributed by atoms with van der Waals surface area (Å²) in [4.78, 5) is 1.30. The lowest BCUT2D eigenvalue weighted by molar-refractivity contribution is 0.191. The van der Waals surface area contributed by atoms with Crippen LogP contribution in [0.25, 0.3) is 0 Å². The first-order chi connectivity index (χ1) is 6.09. The van der Waals surface area contributed by atoms with Crippen molar-refractivity contribution < 1.29 is 5.11 Å². The largest absolute Gasteiger partial charge is 0.392 e. The van der Waals surface area contributed by atoms with E-state index >= 15 is 0 Å². The number of aryl methyl sites for hydroxylation is 1. The molecule has 0 fully saturated rings. The summed E-state index contributed by atoms with van der Waals surface area (Å²) in [5, 5.41) is 12.2. The molecule has 0 spiro atoms. The Morgan fingerprint density at radius 1 is 1.69 bits per heavy atom. The average molecular weight is 264 g/mol. The molecule has 1 aromatic rings. The van der Waals surface area contributed by atoms with Crippen LogP contribution in [-0.2, 0) is 6.54 Å². The number of nitrogens with one attached hydrogen (secondary N) is 1. The van der Waals surface area contributed by atoms with Gasteiger partial charge in [0, 0.05) is 18.0 Å². The van der Waals surface area contributed by atoms with Gasteiger partial charge in [-0.3, -0.25) is 0 Å². The van der Waals surface area contributed by atoms with Crippen LogP contribution in [0.5, 0.6) is 0 Å². The van der Waals surface area contributed by atoms with E-state index in [1.165, 1.54) is 14.2 Å². The molecule has 13 heavy (non-hydrogen) atoms. The van der Waals surface area contributed by atoms with Gasteiger partial charge in [-0.25, -0.2) is 0 Å². The smallest absolute Gasteiger partial charge is 0.0730 e. The van der Waals surface area contributed by atoms with Crippen LogP contribution in [0.2, 0.25) is 0 Å². The van der Waals surface area contributed by atoms with Crippen LogP contribution >= 0.6 is 27.3 Å². The van der Waals surface area contributed by atoms with Crippen molar-refractivity contribution in [3.05, 3.63) is 20.3 Å². The van der Waals surface area contributed by atoms with Crippen molar-refractivity contribution in [1.82, 2.24) is 5.32 Å². The summed E-state index contributed by atoms with van der Waals surface area (Å²) in [5.41, 5.74) is 1.28. The van der Waals surface area contributed by atoms with E-state index in [1.54, 1.807) is 18.3 Å². The van der Waals surface area contributed by atoms with Gasteiger partial charge in [0.1, 0.15) is 0 Å². The average Bonchev–Trinajstić information content (AvgIpc) is 2.30. The molecule has 2 N–H and O–H groups in total. The Kier molecular flexibility index (Phi) is 4.38. The summed E-state index contributed by atoms with van der Waals surface area (Å²) in [7, 11) is 0. The lowest BCUT2D eigenvalue weighted by Gasteiger charge is -2.04. The molecule has 0 radical (unpaired) electrons. The Morgan fingerprint density at radius 2 is 2.38 bits per heavy atom. The van der Waals surface area contributed by atoms with Crippen molar-refractivity contribution in [1.29, 1.82) is 0 Å². The summed E-state index contributed by atoms with van der Waals surface area (Å²) >= 11 is 5.22. The zero-order chi connectivity index (χ0) is 9.84. The minimum absolute atomic E-state index is 0.274. The van der Waals surface area contributed by atoms with Crippen LogP contribution in [0, 0.1) is 6.92 Å². The standard InChI is InChI=1S/C9H14BrNOS/c1-6-3-8(13-9(6)10)5-11-4-7(2)12/h3,7,11-12H,4-5H2,1-2H3/t7-/m1/s1. The molecule has 0 aliphatic heterocycles. The Balaban J connectivity index is 2.37. The Morgan fingerprint density at radius 3 is 2.85 bits per heavy atom. The molecule has 1 heterocycles. The van der Waals surface area contributed by atoms with Gasteiger partial charge in [0.15, 0.2) is 0 Å². The molecule has 74 valence electrons. The first-order valence-electron chi connectivity index (χ1n) is 4.23. The zero-order valence-electron chi connectivity index (χ0n) is 7.80. The van der Waals surface area contributed by atoms with Gasteiger partial charge >= 0.3 is 0 Å². The van der Waals surface area contributed by atoms with Crippen molar-refractivity contribution in [2.75, 3.05) is 6.54 Å². The van der Waals surface area contributed by atoms with Crippen molar-refractivity contribution in [2.45, 2.75) is 26.5 Å². The van der Waals surface area contributed by atoms with E-state index in [4.69, 9.17) is 5.11 Å². The van der Waals surface area contributed by atoms with E-state index in [0.29, 0.717) is 6.54 Å². The van der Waals surface area contributed by atoms with Crippen LogP contribution in [0.15, 0.2) is 9.85 Å². The van der Waals surface area contributed by atoms with E-state index in [9.17, 15) is 0 Å². The molecule has 4 heteroatoms. The lowest BCUT2D eigenvalue weighted by Crippen LogP contribution is -2.23. The third-order valence-electron chi connectivity index (χ3n) is 1.65. The first-order valence-corrected chi connectivity index (χ1v) is 5.84. The molecular weight excluding hydrogens is 250 g/mol. The Labute approximate surface area is 91.1 Å². The summed E-state index contributed by atoms with van der Waals surface area (Å²) in [5.74, 6) is 0. The summed E-state index contributed by atoms with van der Waals surface area (Å²) in [6, 6.07) is 2.16.